The quantitative estimate of drug-likeness (QED) is 0.800. The van der Waals surface area contributed by atoms with Gasteiger partial charge in [0.1, 0.15) is 5.82 Å². The molecule has 0 aromatic heterocycles. The van der Waals surface area contributed by atoms with E-state index in [4.69, 9.17) is 11.6 Å². The van der Waals surface area contributed by atoms with E-state index in [0.717, 1.165) is 25.7 Å². The van der Waals surface area contributed by atoms with Gasteiger partial charge in [-0.1, -0.05) is 30.5 Å². The molecule has 2 rings (SSSR count). The summed E-state index contributed by atoms with van der Waals surface area (Å²) in [4.78, 5) is 0. The Morgan fingerprint density at radius 1 is 1.38 bits per heavy atom. The molecule has 1 aliphatic rings. The highest BCUT2D eigenvalue weighted by molar-refractivity contribution is 9.10. The van der Waals surface area contributed by atoms with Gasteiger partial charge in [-0.25, -0.2) is 4.39 Å². The Kier molecular flexibility index (Phi) is 3.88. The third-order valence-electron chi connectivity index (χ3n) is 3.23. The van der Waals surface area contributed by atoms with Gasteiger partial charge >= 0.3 is 0 Å². The molecule has 0 heterocycles. The van der Waals surface area contributed by atoms with Crippen LogP contribution in [-0.2, 0) is 0 Å². The van der Waals surface area contributed by atoms with E-state index in [-0.39, 0.29) is 10.9 Å². The molecule has 1 saturated carbocycles. The topological polar surface area (TPSA) is 20.2 Å². The highest BCUT2D eigenvalue weighted by Crippen LogP contribution is 2.38. The molecule has 1 aliphatic carbocycles. The van der Waals surface area contributed by atoms with E-state index in [2.05, 4.69) is 15.9 Å². The third kappa shape index (κ3) is 2.27. The second-order valence-electron chi connectivity index (χ2n) is 4.25. The van der Waals surface area contributed by atoms with Crippen LogP contribution in [0.5, 0.6) is 0 Å². The molecule has 0 spiro atoms. The predicted molar refractivity (Wildman–Crippen MR) is 66.0 cm³/mol. The van der Waals surface area contributed by atoms with Gasteiger partial charge in [0.25, 0.3) is 0 Å². The zero-order valence-electron chi connectivity index (χ0n) is 8.72. The number of hydrogen-bond donors (Lipinski definition) is 1. The fourth-order valence-electron chi connectivity index (χ4n) is 2.30. The molecule has 0 amide bonds. The number of rotatable bonds is 2. The minimum absolute atomic E-state index is 0.0505. The van der Waals surface area contributed by atoms with Crippen molar-refractivity contribution in [2.45, 2.75) is 31.8 Å². The molecule has 1 nitrogen and oxygen atoms in total. The Labute approximate surface area is 108 Å². The molecule has 1 fully saturated rings. The summed E-state index contributed by atoms with van der Waals surface area (Å²) in [6, 6.07) is 3.28. The maximum atomic E-state index is 13.8. The molecular formula is C12H13BrClFO. The average Bonchev–Trinajstić information content (AvgIpc) is 2.79. The number of halogens is 3. The molecule has 0 aliphatic heterocycles. The second kappa shape index (κ2) is 5.03. The van der Waals surface area contributed by atoms with Crippen molar-refractivity contribution in [2.24, 2.45) is 5.92 Å². The maximum Gasteiger partial charge on any atom is 0.148 e. The molecule has 0 bridgehead atoms. The van der Waals surface area contributed by atoms with Crippen molar-refractivity contribution in [3.63, 3.8) is 0 Å². The Hall–Kier alpha value is -0.120. The van der Waals surface area contributed by atoms with E-state index in [1.807, 2.05) is 0 Å². The second-order valence-corrected chi connectivity index (χ2v) is 5.49. The monoisotopic (exact) mass is 306 g/mol. The number of aliphatic hydroxyl groups excluding tert-OH is 1. The first kappa shape index (κ1) is 12.3. The number of hydrogen-bond acceptors (Lipinski definition) is 1. The molecule has 88 valence electrons. The van der Waals surface area contributed by atoms with Crippen LogP contribution >= 0.6 is 27.5 Å². The summed E-state index contributed by atoms with van der Waals surface area (Å²) < 4.78 is 14.4. The summed E-state index contributed by atoms with van der Waals surface area (Å²) in [5, 5.41) is 10.2. The zero-order chi connectivity index (χ0) is 11.7. The smallest absolute Gasteiger partial charge is 0.148 e. The summed E-state index contributed by atoms with van der Waals surface area (Å²) >= 11 is 8.96. The normalized spacial score (nSPS) is 19.0. The summed E-state index contributed by atoms with van der Waals surface area (Å²) in [6.45, 7) is 0. The Morgan fingerprint density at radius 2 is 2.00 bits per heavy atom. The van der Waals surface area contributed by atoms with Crippen molar-refractivity contribution >= 4 is 27.5 Å². The van der Waals surface area contributed by atoms with Crippen LogP contribution in [0.2, 0.25) is 5.02 Å². The summed E-state index contributed by atoms with van der Waals surface area (Å²) in [5.74, 6) is -0.331. The van der Waals surface area contributed by atoms with Crippen LogP contribution in [0.4, 0.5) is 4.39 Å². The first-order valence-electron chi connectivity index (χ1n) is 5.42. The first-order valence-corrected chi connectivity index (χ1v) is 6.60. The number of aliphatic hydroxyl groups is 1. The molecule has 1 aromatic rings. The van der Waals surface area contributed by atoms with Crippen molar-refractivity contribution in [1.82, 2.24) is 0 Å². The van der Waals surface area contributed by atoms with Crippen molar-refractivity contribution in [2.75, 3.05) is 0 Å². The maximum absolute atomic E-state index is 13.8. The molecule has 1 atom stereocenters. The molecule has 4 heteroatoms. The van der Waals surface area contributed by atoms with E-state index in [1.54, 1.807) is 12.1 Å². The van der Waals surface area contributed by atoms with E-state index in [1.165, 1.54) is 0 Å². The lowest BCUT2D eigenvalue weighted by molar-refractivity contribution is 0.108. The highest BCUT2D eigenvalue weighted by atomic mass is 79.9. The third-order valence-corrected chi connectivity index (χ3v) is 4.49. The fourth-order valence-corrected chi connectivity index (χ4v) is 2.77. The van der Waals surface area contributed by atoms with Crippen molar-refractivity contribution in [3.05, 3.63) is 33.0 Å². The molecule has 0 saturated heterocycles. The molecule has 1 aromatic carbocycles. The van der Waals surface area contributed by atoms with Gasteiger partial charge in [-0.3, -0.25) is 0 Å². The summed E-state index contributed by atoms with van der Waals surface area (Å²) in [6.07, 6.45) is 3.44. The lowest BCUT2D eigenvalue weighted by Crippen LogP contribution is -2.11. The van der Waals surface area contributed by atoms with Crippen LogP contribution in [0.3, 0.4) is 0 Å². The predicted octanol–water partition coefficient (Wildman–Crippen LogP) is 4.47. The van der Waals surface area contributed by atoms with Gasteiger partial charge in [0.2, 0.25) is 0 Å². The Morgan fingerprint density at radius 3 is 2.62 bits per heavy atom. The van der Waals surface area contributed by atoms with Crippen LogP contribution in [0.15, 0.2) is 16.6 Å². The van der Waals surface area contributed by atoms with E-state index >= 15 is 0 Å². The van der Waals surface area contributed by atoms with Crippen molar-refractivity contribution in [1.29, 1.82) is 0 Å². The Bertz CT molecular complexity index is 391. The average molecular weight is 308 g/mol. The Balaban J connectivity index is 2.29. The van der Waals surface area contributed by atoms with Gasteiger partial charge in [0.15, 0.2) is 0 Å². The summed E-state index contributed by atoms with van der Waals surface area (Å²) in [7, 11) is 0. The zero-order valence-corrected chi connectivity index (χ0v) is 11.1. The minimum Gasteiger partial charge on any atom is -0.388 e. The van der Waals surface area contributed by atoms with Gasteiger partial charge in [-0.05, 0) is 40.8 Å². The van der Waals surface area contributed by atoms with Gasteiger partial charge in [0.05, 0.1) is 11.1 Å². The van der Waals surface area contributed by atoms with Crippen molar-refractivity contribution in [3.8, 4) is 0 Å². The molecule has 1 N–H and O–H groups in total. The molecule has 16 heavy (non-hydrogen) atoms. The van der Waals surface area contributed by atoms with Gasteiger partial charge in [-0.2, -0.15) is 0 Å². The molecule has 1 unspecified atom stereocenters. The van der Waals surface area contributed by atoms with Crippen LogP contribution in [0.25, 0.3) is 0 Å². The largest absolute Gasteiger partial charge is 0.388 e. The summed E-state index contributed by atoms with van der Waals surface area (Å²) in [5.41, 5.74) is 0.320. The van der Waals surface area contributed by atoms with Crippen LogP contribution in [0.1, 0.15) is 37.4 Å². The van der Waals surface area contributed by atoms with Crippen LogP contribution < -0.4 is 0 Å². The van der Waals surface area contributed by atoms with Gasteiger partial charge < -0.3 is 5.11 Å². The van der Waals surface area contributed by atoms with Gasteiger partial charge in [0, 0.05) is 10.0 Å². The highest BCUT2D eigenvalue weighted by Gasteiger charge is 2.27. The first-order chi connectivity index (χ1) is 7.61. The number of benzene rings is 1. The van der Waals surface area contributed by atoms with Crippen LogP contribution in [-0.4, -0.2) is 5.11 Å². The lowest BCUT2D eigenvalue weighted by atomic mass is 9.94. The lowest BCUT2D eigenvalue weighted by Gasteiger charge is -2.19. The van der Waals surface area contributed by atoms with E-state index in [0.29, 0.717) is 10.0 Å². The van der Waals surface area contributed by atoms with Crippen molar-refractivity contribution < 1.29 is 9.50 Å². The van der Waals surface area contributed by atoms with Crippen LogP contribution in [0, 0.1) is 11.7 Å². The fraction of sp³-hybridized carbons (Fsp3) is 0.500. The molecular weight excluding hydrogens is 294 g/mol. The SMILES string of the molecule is OC(c1ccc(Br)c(Cl)c1F)C1CCCC1. The molecule has 0 radical (unpaired) electrons. The van der Waals surface area contributed by atoms with Gasteiger partial charge in [-0.15, -0.1) is 0 Å². The standard InChI is InChI=1S/C12H13BrClFO/c13-9-6-5-8(11(15)10(9)14)12(16)7-3-1-2-4-7/h5-7,12,16H,1-4H2. The van der Waals surface area contributed by atoms with E-state index in [9.17, 15) is 9.50 Å². The van der Waals surface area contributed by atoms with E-state index < -0.39 is 11.9 Å². The minimum atomic E-state index is -0.729.